The molecular weight excluding hydrogens is 259 g/mol. The van der Waals surface area contributed by atoms with Crippen LogP contribution in [0.5, 0.6) is 0 Å². The molecule has 1 aliphatic rings. The predicted octanol–water partition coefficient (Wildman–Crippen LogP) is 3.37. The van der Waals surface area contributed by atoms with Crippen molar-refractivity contribution < 1.29 is 0 Å². The van der Waals surface area contributed by atoms with E-state index in [2.05, 4.69) is 15.1 Å². The van der Waals surface area contributed by atoms with Crippen molar-refractivity contribution in [3.05, 3.63) is 28.9 Å². The third-order valence-corrected chi connectivity index (χ3v) is 3.50. The van der Waals surface area contributed by atoms with E-state index in [1.165, 1.54) is 25.5 Å². The van der Waals surface area contributed by atoms with Crippen molar-refractivity contribution in [2.75, 3.05) is 0 Å². The minimum atomic E-state index is 0.195. The molecule has 1 aliphatic carbocycles. The van der Waals surface area contributed by atoms with E-state index >= 15 is 0 Å². The summed E-state index contributed by atoms with van der Waals surface area (Å²) < 4.78 is 1.98. The van der Waals surface area contributed by atoms with Gasteiger partial charge in [-0.1, -0.05) is 11.6 Å². The van der Waals surface area contributed by atoms with E-state index in [0.717, 1.165) is 5.56 Å². The Morgan fingerprint density at radius 3 is 2.76 bits per heavy atom. The summed E-state index contributed by atoms with van der Waals surface area (Å²) in [6.07, 6.45) is 8.91. The second kappa shape index (κ2) is 4.27. The largest absolute Gasteiger partial charge is 0.269 e. The van der Waals surface area contributed by atoms with E-state index in [0.29, 0.717) is 16.8 Å². The lowest BCUT2D eigenvalue weighted by Gasteiger charge is -2.25. The summed E-state index contributed by atoms with van der Waals surface area (Å²) in [5.74, 6) is 0. The summed E-state index contributed by atoms with van der Waals surface area (Å²) in [5.41, 5.74) is 1.52. The van der Waals surface area contributed by atoms with Crippen LogP contribution >= 0.6 is 23.2 Å². The first-order chi connectivity index (χ1) is 8.24. The van der Waals surface area contributed by atoms with E-state index in [1.54, 1.807) is 6.20 Å². The summed E-state index contributed by atoms with van der Waals surface area (Å²) in [4.78, 5) is 7.96. The normalized spacial score (nSPS) is 15.9. The molecule has 2 aromatic heterocycles. The van der Waals surface area contributed by atoms with Crippen molar-refractivity contribution in [2.24, 2.45) is 0 Å². The summed E-state index contributed by atoms with van der Waals surface area (Å²) in [6, 6.07) is 0.528. The maximum atomic E-state index is 6.05. The number of hydrogen-bond acceptors (Lipinski definition) is 3. The Hall–Kier alpha value is -1.13. The molecule has 0 amide bonds. The van der Waals surface area contributed by atoms with Gasteiger partial charge in [-0.15, -0.1) is 0 Å². The monoisotopic (exact) mass is 268 g/mol. The average Bonchev–Trinajstić information content (AvgIpc) is 2.68. The number of halogens is 2. The van der Waals surface area contributed by atoms with Gasteiger partial charge in [0, 0.05) is 11.8 Å². The fourth-order valence-electron chi connectivity index (χ4n) is 1.86. The first kappa shape index (κ1) is 11.0. The van der Waals surface area contributed by atoms with Crippen molar-refractivity contribution in [2.45, 2.75) is 25.3 Å². The number of rotatable bonds is 2. The smallest absolute Gasteiger partial charge is 0.222 e. The molecule has 3 rings (SSSR count). The molecule has 4 nitrogen and oxygen atoms in total. The van der Waals surface area contributed by atoms with Gasteiger partial charge in [-0.3, -0.25) is 4.68 Å². The second-order valence-corrected chi connectivity index (χ2v) is 4.87. The molecule has 0 aliphatic heterocycles. The molecule has 2 heterocycles. The molecule has 0 unspecified atom stereocenters. The van der Waals surface area contributed by atoms with Gasteiger partial charge >= 0.3 is 0 Å². The Kier molecular flexibility index (Phi) is 2.76. The van der Waals surface area contributed by atoms with Gasteiger partial charge in [-0.25, -0.2) is 9.97 Å². The van der Waals surface area contributed by atoms with E-state index in [9.17, 15) is 0 Å². The van der Waals surface area contributed by atoms with Gasteiger partial charge in [0.1, 0.15) is 0 Å². The van der Waals surface area contributed by atoms with Crippen LogP contribution < -0.4 is 0 Å². The van der Waals surface area contributed by atoms with Gasteiger partial charge < -0.3 is 0 Å². The van der Waals surface area contributed by atoms with E-state index < -0.39 is 0 Å². The van der Waals surface area contributed by atoms with Crippen LogP contribution in [0.2, 0.25) is 10.3 Å². The van der Waals surface area contributed by atoms with Crippen LogP contribution in [0.1, 0.15) is 25.3 Å². The molecule has 1 saturated carbocycles. The minimum absolute atomic E-state index is 0.195. The Morgan fingerprint density at radius 2 is 2.06 bits per heavy atom. The van der Waals surface area contributed by atoms with Gasteiger partial charge in [0.05, 0.1) is 29.2 Å². The summed E-state index contributed by atoms with van der Waals surface area (Å²) >= 11 is 11.8. The van der Waals surface area contributed by atoms with Crippen LogP contribution in [0.15, 0.2) is 18.6 Å². The SMILES string of the molecule is Clc1ncc(Cl)c(-c2cnn(C3CCC3)c2)n1. The van der Waals surface area contributed by atoms with E-state index in [-0.39, 0.29) is 5.28 Å². The molecule has 2 aromatic rings. The topological polar surface area (TPSA) is 43.6 Å². The molecule has 17 heavy (non-hydrogen) atoms. The number of nitrogens with zero attached hydrogens (tertiary/aromatic N) is 4. The van der Waals surface area contributed by atoms with Crippen LogP contribution in [-0.2, 0) is 0 Å². The molecule has 88 valence electrons. The highest BCUT2D eigenvalue weighted by Gasteiger charge is 2.20. The van der Waals surface area contributed by atoms with E-state index in [4.69, 9.17) is 23.2 Å². The standard InChI is InChI=1S/C11H10Cl2N4/c12-9-5-14-11(13)16-10(9)7-4-15-17(6-7)8-2-1-3-8/h4-6,8H,1-3H2. The Balaban J connectivity index is 1.97. The van der Waals surface area contributed by atoms with Gasteiger partial charge in [-0.2, -0.15) is 5.10 Å². The zero-order valence-electron chi connectivity index (χ0n) is 8.98. The average molecular weight is 269 g/mol. The molecule has 0 radical (unpaired) electrons. The van der Waals surface area contributed by atoms with Gasteiger partial charge in [0.15, 0.2) is 0 Å². The highest BCUT2D eigenvalue weighted by molar-refractivity contribution is 6.33. The van der Waals surface area contributed by atoms with Crippen LogP contribution in [0.3, 0.4) is 0 Å². The molecule has 6 heteroatoms. The Morgan fingerprint density at radius 1 is 1.24 bits per heavy atom. The molecule has 0 aromatic carbocycles. The highest BCUT2D eigenvalue weighted by Crippen LogP contribution is 2.33. The summed E-state index contributed by atoms with van der Waals surface area (Å²) in [7, 11) is 0. The zero-order valence-corrected chi connectivity index (χ0v) is 10.5. The van der Waals surface area contributed by atoms with E-state index in [1.807, 2.05) is 10.9 Å². The molecular formula is C11H10Cl2N4. The first-order valence-electron chi connectivity index (χ1n) is 5.46. The first-order valence-corrected chi connectivity index (χ1v) is 6.22. The second-order valence-electron chi connectivity index (χ2n) is 4.13. The summed E-state index contributed by atoms with van der Waals surface area (Å²) in [5, 5.41) is 5.02. The summed E-state index contributed by atoms with van der Waals surface area (Å²) in [6.45, 7) is 0. The van der Waals surface area contributed by atoms with Crippen molar-refractivity contribution in [1.29, 1.82) is 0 Å². The molecule has 0 bridgehead atoms. The fraction of sp³-hybridized carbons (Fsp3) is 0.364. The van der Waals surface area contributed by atoms with Crippen LogP contribution in [0, 0.1) is 0 Å². The fourth-order valence-corrected chi connectivity index (χ4v) is 2.19. The Labute approximate surface area is 109 Å². The lowest BCUT2D eigenvalue weighted by atomic mass is 9.93. The van der Waals surface area contributed by atoms with Crippen molar-refractivity contribution in [1.82, 2.24) is 19.7 Å². The number of hydrogen-bond donors (Lipinski definition) is 0. The third kappa shape index (κ3) is 2.03. The number of aromatic nitrogens is 4. The lowest BCUT2D eigenvalue weighted by Crippen LogP contribution is -2.16. The molecule has 0 saturated heterocycles. The maximum Gasteiger partial charge on any atom is 0.222 e. The third-order valence-electron chi connectivity index (χ3n) is 3.04. The van der Waals surface area contributed by atoms with Gasteiger partial charge in [0.2, 0.25) is 5.28 Å². The van der Waals surface area contributed by atoms with Crippen molar-refractivity contribution in [3.63, 3.8) is 0 Å². The predicted molar refractivity (Wildman–Crippen MR) is 66.2 cm³/mol. The van der Waals surface area contributed by atoms with Crippen molar-refractivity contribution >= 4 is 23.2 Å². The van der Waals surface area contributed by atoms with Crippen LogP contribution in [0.25, 0.3) is 11.3 Å². The van der Waals surface area contributed by atoms with Gasteiger partial charge in [-0.05, 0) is 30.9 Å². The lowest BCUT2D eigenvalue weighted by molar-refractivity contribution is 0.289. The highest BCUT2D eigenvalue weighted by atomic mass is 35.5. The maximum absolute atomic E-state index is 6.05. The molecule has 1 fully saturated rings. The minimum Gasteiger partial charge on any atom is -0.269 e. The Bertz CT molecular complexity index is 548. The molecule has 0 atom stereocenters. The quantitative estimate of drug-likeness (QED) is 0.785. The van der Waals surface area contributed by atoms with Crippen LogP contribution in [-0.4, -0.2) is 19.7 Å². The van der Waals surface area contributed by atoms with Gasteiger partial charge in [0.25, 0.3) is 0 Å². The van der Waals surface area contributed by atoms with Crippen LogP contribution in [0.4, 0.5) is 0 Å². The molecule has 0 N–H and O–H groups in total. The van der Waals surface area contributed by atoms with Crippen molar-refractivity contribution in [3.8, 4) is 11.3 Å². The zero-order chi connectivity index (χ0) is 11.8. The molecule has 0 spiro atoms.